The van der Waals surface area contributed by atoms with Crippen molar-refractivity contribution in [1.29, 1.82) is 0 Å². The van der Waals surface area contributed by atoms with Crippen LogP contribution in [0.15, 0.2) is 54.6 Å². The highest BCUT2D eigenvalue weighted by atomic mass is 35.5. The normalized spacial score (nSPS) is 25.3. The van der Waals surface area contributed by atoms with E-state index in [4.69, 9.17) is 16.3 Å². The number of rotatable bonds is 2. The number of anilines is 1. The number of halogens is 1. The molecule has 0 radical (unpaired) electrons. The first-order valence-electron chi connectivity index (χ1n) is 7.64. The Morgan fingerprint density at radius 1 is 1.09 bits per heavy atom. The van der Waals surface area contributed by atoms with E-state index in [1.807, 2.05) is 18.2 Å². The second-order valence-corrected chi connectivity index (χ2v) is 6.33. The predicted octanol–water partition coefficient (Wildman–Crippen LogP) is 5.18. The van der Waals surface area contributed by atoms with E-state index in [1.165, 1.54) is 11.1 Å². The molecule has 1 aliphatic heterocycles. The van der Waals surface area contributed by atoms with Crippen molar-refractivity contribution in [3.8, 4) is 5.75 Å². The number of fused-ring (bicyclic) bond motifs is 3. The molecule has 3 atom stereocenters. The fourth-order valence-electron chi connectivity index (χ4n) is 3.80. The van der Waals surface area contributed by atoms with E-state index in [-0.39, 0.29) is 6.04 Å². The number of hydrogen-bond acceptors (Lipinski definition) is 2. The highest BCUT2D eigenvalue weighted by molar-refractivity contribution is 6.31. The highest BCUT2D eigenvalue weighted by Crippen LogP contribution is 2.52. The molecule has 0 amide bonds. The van der Waals surface area contributed by atoms with Crippen LogP contribution in [-0.2, 0) is 0 Å². The van der Waals surface area contributed by atoms with Crippen LogP contribution in [0.25, 0.3) is 0 Å². The van der Waals surface area contributed by atoms with Crippen molar-refractivity contribution >= 4 is 17.3 Å². The summed E-state index contributed by atoms with van der Waals surface area (Å²) >= 11 is 6.46. The summed E-state index contributed by atoms with van der Waals surface area (Å²) in [4.78, 5) is 0. The minimum absolute atomic E-state index is 0.206. The van der Waals surface area contributed by atoms with Crippen molar-refractivity contribution in [2.24, 2.45) is 5.92 Å². The van der Waals surface area contributed by atoms with Gasteiger partial charge in [-0.15, -0.1) is 0 Å². The zero-order valence-electron chi connectivity index (χ0n) is 12.4. The van der Waals surface area contributed by atoms with Crippen molar-refractivity contribution in [3.63, 3.8) is 0 Å². The molecule has 0 spiro atoms. The number of ether oxygens (including phenoxy) is 1. The highest BCUT2D eigenvalue weighted by Gasteiger charge is 2.39. The molecular weight excluding hydrogens is 294 g/mol. The smallest absolute Gasteiger partial charge is 0.142 e. The summed E-state index contributed by atoms with van der Waals surface area (Å²) in [7, 11) is 1.72. The van der Waals surface area contributed by atoms with Crippen LogP contribution in [0.2, 0.25) is 5.02 Å². The van der Waals surface area contributed by atoms with Crippen LogP contribution in [0.3, 0.4) is 0 Å². The zero-order valence-corrected chi connectivity index (χ0v) is 13.2. The average Bonchev–Trinajstić information content (AvgIpc) is 3.04. The van der Waals surface area contributed by atoms with Gasteiger partial charge in [0.15, 0.2) is 0 Å². The maximum atomic E-state index is 6.46. The van der Waals surface area contributed by atoms with Gasteiger partial charge in [-0.2, -0.15) is 0 Å². The molecule has 1 N–H and O–H groups in total. The molecule has 2 aromatic carbocycles. The van der Waals surface area contributed by atoms with E-state index in [0.717, 1.165) is 22.9 Å². The minimum Gasteiger partial charge on any atom is -0.495 e. The van der Waals surface area contributed by atoms with Gasteiger partial charge in [0.1, 0.15) is 5.75 Å². The summed E-state index contributed by atoms with van der Waals surface area (Å²) in [6, 6.07) is 14.6. The van der Waals surface area contributed by atoms with Crippen LogP contribution in [0.5, 0.6) is 5.75 Å². The first-order chi connectivity index (χ1) is 10.8. The van der Waals surface area contributed by atoms with Gasteiger partial charge in [0.2, 0.25) is 0 Å². The number of nitrogens with one attached hydrogen (secondary N) is 1. The van der Waals surface area contributed by atoms with Gasteiger partial charge >= 0.3 is 0 Å². The summed E-state index contributed by atoms with van der Waals surface area (Å²) in [5, 5.41) is 4.52. The van der Waals surface area contributed by atoms with Crippen molar-refractivity contribution in [1.82, 2.24) is 0 Å². The summed E-state index contributed by atoms with van der Waals surface area (Å²) in [6.07, 6.45) is 5.69. The topological polar surface area (TPSA) is 21.3 Å². The number of allylic oxidation sites excluding steroid dienone is 2. The number of hydrogen-bond donors (Lipinski definition) is 1. The lowest BCUT2D eigenvalue weighted by Gasteiger charge is -2.38. The van der Waals surface area contributed by atoms with Gasteiger partial charge < -0.3 is 10.1 Å². The fraction of sp³-hybridized carbons (Fsp3) is 0.263. The van der Waals surface area contributed by atoms with Crippen molar-refractivity contribution < 1.29 is 4.74 Å². The third-order valence-electron chi connectivity index (χ3n) is 4.82. The molecule has 2 nitrogen and oxygen atoms in total. The lowest BCUT2D eigenvalue weighted by Crippen LogP contribution is -2.29. The predicted molar refractivity (Wildman–Crippen MR) is 90.8 cm³/mol. The Morgan fingerprint density at radius 3 is 2.73 bits per heavy atom. The molecule has 0 unspecified atom stereocenters. The Hall–Kier alpha value is -1.93. The SMILES string of the molecule is COc1cccc2c1N[C@@H](c1ccccc1Cl)[C@@H]1CC=C[C@@H]21. The first-order valence-corrected chi connectivity index (χ1v) is 8.02. The second-order valence-electron chi connectivity index (χ2n) is 5.92. The van der Waals surface area contributed by atoms with Crippen LogP contribution in [0, 0.1) is 5.92 Å². The molecule has 0 fully saturated rings. The lowest BCUT2D eigenvalue weighted by molar-refractivity contribution is 0.397. The molecule has 0 saturated carbocycles. The molecule has 1 heterocycles. The van der Waals surface area contributed by atoms with Crippen molar-refractivity contribution in [2.75, 3.05) is 12.4 Å². The summed E-state index contributed by atoms with van der Waals surface area (Å²) in [5.41, 5.74) is 3.59. The monoisotopic (exact) mass is 311 g/mol. The summed E-state index contributed by atoms with van der Waals surface area (Å²) < 4.78 is 5.56. The van der Waals surface area contributed by atoms with Gasteiger partial charge in [-0.1, -0.05) is 54.1 Å². The third-order valence-corrected chi connectivity index (χ3v) is 5.16. The molecule has 112 valence electrons. The van der Waals surface area contributed by atoms with Gasteiger partial charge in [-0.05, 0) is 35.6 Å². The lowest BCUT2D eigenvalue weighted by atomic mass is 9.77. The van der Waals surface area contributed by atoms with Gasteiger partial charge in [0.05, 0.1) is 18.8 Å². The Bertz CT molecular complexity index is 740. The quantitative estimate of drug-likeness (QED) is 0.772. The van der Waals surface area contributed by atoms with Gasteiger partial charge in [0, 0.05) is 10.9 Å². The number of para-hydroxylation sites is 1. The van der Waals surface area contributed by atoms with Crippen LogP contribution >= 0.6 is 11.6 Å². The maximum absolute atomic E-state index is 6.46. The van der Waals surface area contributed by atoms with Gasteiger partial charge in [-0.25, -0.2) is 0 Å². The van der Waals surface area contributed by atoms with E-state index in [1.54, 1.807) is 7.11 Å². The van der Waals surface area contributed by atoms with Crippen LogP contribution in [-0.4, -0.2) is 7.11 Å². The third kappa shape index (κ3) is 2.02. The van der Waals surface area contributed by atoms with Crippen LogP contribution in [0.1, 0.15) is 29.5 Å². The number of benzene rings is 2. The molecule has 2 aromatic rings. The minimum atomic E-state index is 0.206. The van der Waals surface area contributed by atoms with E-state index >= 15 is 0 Å². The summed E-state index contributed by atoms with van der Waals surface area (Å²) in [6.45, 7) is 0. The van der Waals surface area contributed by atoms with E-state index in [9.17, 15) is 0 Å². The van der Waals surface area contributed by atoms with Crippen LogP contribution < -0.4 is 10.1 Å². The van der Waals surface area contributed by atoms with E-state index in [0.29, 0.717) is 11.8 Å². The fourth-order valence-corrected chi connectivity index (χ4v) is 4.05. The zero-order chi connectivity index (χ0) is 15.1. The Kier molecular flexibility index (Phi) is 3.34. The summed E-state index contributed by atoms with van der Waals surface area (Å²) in [5.74, 6) is 1.82. The maximum Gasteiger partial charge on any atom is 0.142 e. The van der Waals surface area contributed by atoms with E-state index < -0.39 is 0 Å². The molecular formula is C19H18ClNO. The molecule has 2 aliphatic rings. The Balaban J connectivity index is 1.85. The number of methoxy groups -OCH3 is 1. The largest absolute Gasteiger partial charge is 0.495 e. The molecule has 0 saturated heterocycles. The Morgan fingerprint density at radius 2 is 1.91 bits per heavy atom. The second kappa shape index (κ2) is 5.36. The van der Waals surface area contributed by atoms with E-state index in [2.05, 4.69) is 41.7 Å². The molecule has 0 bridgehead atoms. The average molecular weight is 312 g/mol. The molecule has 1 aliphatic carbocycles. The van der Waals surface area contributed by atoms with Crippen molar-refractivity contribution in [3.05, 3.63) is 70.8 Å². The van der Waals surface area contributed by atoms with Crippen LogP contribution in [0.4, 0.5) is 5.69 Å². The molecule has 4 rings (SSSR count). The van der Waals surface area contributed by atoms with Gasteiger partial charge in [-0.3, -0.25) is 0 Å². The molecule has 22 heavy (non-hydrogen) atoms. The standard InChI is InChI=1S/C19H18ClNO/c1-22-17-11-5-9-14-12-7-4-8-13(12)18(21-19(14)17)15-6-2-3-10-16(15)20/h2-7,9-13,18,21H,8H2,1H3/t12-,13-,18-/m1/s1. The van der Waals surface area contributed by atoms with Gasteiger partial charge in [0.25, 0.3) is 0 Å². The first kappa shape index (κ1) is 13.7. The van der Waals surface area contributed by atoms with Crippen molar-refractivity contribution in [2.45, 2.75) is 18.4 Å². The molecule has 3 heteroatoms. The molecule has 0 aromatic heterocycles. The Labute approximate surface area is 135 Å².